The molecular formula is C8H10. The van der Waals surface area contributed by atoms with Gasteiger partial charge >= 0.3 is 0 Å². The average Bonchev–Trinajstić information content (AvgIpc) is 2.12. The Morgan fingerprint density at radius 1 is 1.62 bits per heavy atom. The van der Waals surface area contributed by atoms with Crippen LogP contribution in [0, 0.1) is 5.92 Å². The van der Waals surface area contributed by atoms with Crippen molar-refractivity contribution in [1.29, 1.82) is 0 Å². The summed E-state index contributed by atoms with van der Waals surface area (Å²) in [7, 11) is 0. The fourth-order valence-electron chi connectivity index (χ4n) is 1.63. The molecule has 0 radical (unpaired) electrons. The predicted molar refractivity (Wildman–Crippen MR) is 33.6 cm³/mol. The molecule has 2 rings (SSSR count). The van der Waals surface area contributed by atoms with Crippen molar-refractivity contribution < 1.29 is 0 Å². The van der Waals surface area contributed by atoms with Gasteiger partial charge in [-0.15, -0.1) is 5.73 Å². The molecule has 0 aliphatic heterocycles. The number of hydrogen-bond donors (Lipinski definition) is 0. The first-order chi connectivity index (χ1) is 3.95. The van der Waals surface area contributed by atoms with Crippen LogP contribution in [0.15, 0.2) is 17.4 Å². The molecule has 2 aliphatic rings. The Morgan fingerprint density at radius 3 is 3.38 bits per heavy atom. The SMILES string of the molecule is C1=CCC2CCC=1C2. The number of rotatable bonds is 0. The van der Waals surface area contributed by atoms with E-state index in [2.05, 4.69) is 11.8 Å². The molecule has 0 spiro atoms. The standard InChI is InChI=1S/C8H10/c1-2-7-4-5-8(3-1)6-7/h1,7H,2,4-6H2. The van der Waals surface area contributed by atoms with Gasteiger partial charge in [0, 0.05) is 0 Å². The van der Waals surface area contributed by atoms with Crippen LogP contribution in [-0.2, 0) is 0 Å². The summed E-state index contributed by atoms with van der Waals surface area (Å²) in [5.41, 5.74) is 4.87. The maximum atomic E-state index is 3.30. The maximum absolute atomic E-state index is 3.30. The highest BCUT2D eigenvalue weighted by Gasteiger charge is 2.19. The van der Waals surface area contributed by atoms with Crippen LogP contribution in [-0.4, -0.2) is 0 Å². The van der Waals surface area contributed by atoms with Crippen molar-refractivity contribution in [3.8, 4) is 0 Å². The van der Waals surface area contributed by atoms with Gasteiger partial charge in [0.05, 0.1) is 0 Å². The normalized spacial score (nSPS) is 33.0. The third kappa shape index (κ3) is 0.535. The molecular weight excluding hydrogens is 96.1 g/mol. The van der Waals surface area contributed by atoms with Gasteiger partial charge in [0.25, 0.3) is 0 Å². The topological polar surface area (TPSA) is 0 Å². The number of hydrogen-bond acceptors (Lipinski definition) is 0. The minimum absolute atomic E-state index is 1.01. The summed E-state index contributed by atoms with van der Waals surface area (Å²) in [6.45, 7) is 0. The third-order valence-electron chi connectivity index (χ3n) is 2.15. The van der Waals surface area contributed by atoms with Crippen molar-refractivity contribution in [2.45, 2.75) is 25.7 Å². The molecule has 0 heterocycles. The van der Waals surface area contributed by atoms with Gasteiger partial charge in [0.15, 0.2) is 0 Å². The minimum Gasteiger partial charge on any atom is -0.126 e. The smallest absolute Gasteiger partial charge is 0.0212 e. The van der Waals surface area contributed by atoms with Gasteiger partial charge < -0.3 is 0 Å². The molecule has 0 aromatic heterocycles. The molecule has 0 aromatic carbocycles. The van der Waals surface area contributed by atoms with E-state index in [-0.39, 0.29) is 0 Å². The molecule has 42 valence electrons. The van der Waals surface area contributed by atoms with E-state index in [1.807, 2.05) is 0 Å². The zero-order chi connectivity index (χ0) is 5.40. The van der Waals surface area contributed by atoms with Crippen molar-refractivity contribution in [1.82, 2.24) is 0 Å². The van der Waals surface area contributed by atoms with Crippen LogP contribution in [0.5, 0.6) is 0 Å². The zero-order valence-electron chi connectivity index (χ0n) is 4.98. The Labute approximate surface area is 49.9 Å². The highest BCUT2D eigenvalue weighted by molar-refractivity contribution is 5.12. The Kier molecular flexibility index (Phi) is 0.824. The lowest BCUT2D eigenvalue weighted by Gasteiger charge is -2.03. The first kappa shape index (κ1) is 4.40. The Hall–Kier alpha value is -0.480. The van der Waals surface area contributed by atoms with Crippen LogP contribution >= 0.6 is 0 Å². The molecule has 8 heavy (non-hydrogen) atoms. The summed E-state index contributed by atoms with van der Waals surface area (Å²) in [4.78, 5) is 0. The zero-order valence-corrected chi connectivity index (χ0v) is 4.98. The van der Waals surface area contributed by atoms with Gasteiger partial charge in [-0.25, -0.2) is 0 Å². The molecule has 0 N–H and O–H groups in total. The molecule has 2 bridgehead atoms. The molecule has 0 amide bonds. The molecule has 1 fully saturated rings. The first-order valence-corrected chi connectivity index (χ1v) is 3.38. The van der Waals surface area contributed by atoms with E-state index in [4.69, 9.17) is 0 Å². The summed E-state index contributed by atoms with van der Waals surface area (Å²) in [5.74, 6) is 1.01. The van der Waals surface area contributed by atoms with Gasteiger partial charge in [0.2, 0.25) is 0 Å². The molecule has 0 nitrogen and oxygen atoms in total. The van der Waals surface area contributed by atoms with E-state index in [1.54, 1.807) is 5.57 Å². The Morgan fingerprint density at radius 2 is 2.62 bits per heavy atom. The van der Waals surface area contributed by atoms with E-state index >= 15 is 0 Å². The van der Waals surface area contributed by atoms with Gasteiger partial charge in [-0.3, -0.25) is 0 Å². The van der Waals surface area contributed by atoms with E-state index in [0.717, 1.165) is 5.92 Å². The fraction of sp³-hybridized carbons (Fsp3) is 0.625. The van der Waals surface area contributed by atoms with Crippen molar-refractivity contribution in [3.63, 3.8) is 0 Å². The van der Waals surface area contributed by atoms with E-state index in [0.29, 0.717) is 0 Å². The quantitative estimate of drug-likeness (QED) is 0.415. The van der Waals surface area contributed by atoms with Crippen molar-refractivity contribution >= 4 is 0 Å². The molecule has 2 aliphatic carbocycles. The summed E-state index contributed by atoms with van der Waals surface area (Å²) in [5, 5.41) is 0. The highest BCUT2D eigenvalue weighted by Crippen LogP contribution is 2.34. The van der Waals surface area contributed by atoms with E-state index < -0.39 is 0 Å². The second-order valence-corrected chi connectivity index (χ2v) is 2.80. The maximum Gasteiger partial charge on any atom is -0.0212 e. The largest absolute Gasteiger partial charge is 0.126 e. The molecule has 1 saturated carbocycles. The summed E-state index contributed by atoms with van der Waals surface area (Å²) in [6, 6.07) is 0. The van der Waals surface area contributed by atoms with Crippen LogP contribution < -0.4 is 0 Å². The van der Waals surface area contributed by atoms with Crippen molar-refractivity contribution in [2.24, 2.45) is 5.92 Å². The lowest BCUT2D eigenvalue weighted by atomic mass is 10.0. The average molecular weight is 106 g/mol. The van der Waals surface area contributed by atoms with Gasteiger partial charge in [-0.1, -0.05) is 0 Å². The monoisotopic (exact) mass is 106 g/mol. The molecule has 0 saturated heterocycles. The predicted octanol–water partition coefficient (Wildman–Crippen LogP) is 2.27. The number of fused-ring (bicyclic) bond motifs is 2. The van der Waals surface area contributed by atoms with Crippen LogP contribution in [0.1, 0.15) is 25.7 Å². The second-order valence-electron chi connectivity index (χ2n) is 2.80. The summed E-state index contributed by atoms with van der Waals surface area (Å²) in [6.07, 6.45) is 7.62. The summed E-state index contributed by atoms with van der Waals surface area (Å²) < 4.78 is 0. The lowest BCUT2D eigenvalue weighted by molar-refractivity contribution is 0.562. The van der Waals surface area contributed by atoms with Crippen LogP contribution in [0.3, 0.4) is 0 Å². The Bertz CT molecular complexity index is 159. The van der Waals surface area contributed by atoms with Crippen molar-refractivity contribution in [3.05, 3.63) is 17.4 Å². The van der Waals surface area contributed by atoms with E-state index in [9.17, 15) is 0 Å². The lowest BCUT2D eigenvalue weighted by Crippen LogP contribution is -1.90. The Balaban J connectivity index is 2.37. The van der Waals surface area contributed by atoms with Gasteiger partial charge in [0.1, 0.15) is 0 Å². The van der Waals surface area contributed by atoms with Crippen molar-refractivity contribution in [2.75, 3.05) is 0 Å². The van der Waals surface area contributed by atoms with Crippen LogP contribution in [0.4, 0.5) is 0 Å². The van der Waals surface area contributed by atoms with Crippen LogP contribution in [0.25, 0.3) is 0 Å². The highest BCUT2D eigenvalue weighted by atomic mass is 14.2. The number of allylic oxidation sites excluding steroid dienone is 1. The first-order valence-electron chi connectivity index (χ1n) is 3.38. The molecule has 0 heteroatoms. The minimum atomic E-state index is 1.01. The molecule has 0 aromatic rings. The second kappa shape index (κ2) is 1.50. The van der Waals surface area contributed by atoms with Gasteiger partial charge in [-0.2, -0.15) is 0 Å². The third-order valence-corrected chi connectivity index (χ3v) is 2.15. The van der Waals surface area contributed by atoms with Crippen LogP contribution in [0.2, 0.25) is 0 Å². The van der Waals surface area contributed by atoms with Gasteiger partial charge in [-0.05, 0) is 43.3 Å². The summed E-state index contributed by atoms with van der Waals surface area (Å²) >= 11 is 0. The molecule has 1 unspecified atom stereocenters. The fourth-order valence-corrected chi connectivity index (χ4v) is 1.63. The molecule has 1 atom stereocenters. The van der Waals surface area contributed by atoms with E-state index in [1.165, 1.54) is 25.7 Å².